The molecule has 0 bridgehead atoms. The lowest BCUT2D eigenvalue weighted by molar-refractivity contribution is 0.270. The molecule has 0 saturated heterocycles. The molecule has 1 heterocycles. The summed E-state index contributed by atoms with van der Waals surface area (Å²) in [6.07, 6.45) is 0. The van der Waals surface area contributed by atoms with E-state index in [9.17, 15) is 0 Å². The summed E-state index contributed by atoms with van der Waals surface area (Å²) in [6, 6.07) is 12.1. The Morgan fingerprint density at radius 2 is 1.95 bits per heavy atom. The fourth-order valence-corrected chi connectivity index (χ4v) is 2.85. The van der Waals surface area contributed by atoms with Crippen molar-refractivity contribution < 1.29 is 9.47 Å². The van der Waals surface area contributed by atoms with Gasteiger partial charge in [-0.05, 0) is 23.3 Å². The highest BCUT2D eigenvalue weighted by Crippen LogP contribution is 2.31. The maximum absolute atomic E-state index is 6.05. The van der Waals surface area contributed by atoms with E-state index in [0.29, 0.717) is 0 Å². The summed E-state index contributed by atoms with van der Waals surface area (Å²) in [7, 11) is 3.35. The molecule has 1 aliphatic rings. The smallest absolute Gasteiger partial charge is 0.127 e. The molecule has 0 aliphatic carbocycles. The van der Waals surface area contributed by atoms with Gasteiger partial charge in [-0.25, -0.2) is 0 Å². The fourth-order valence-electron chi connectivity index (χ4n) is 2.85. The Morgan fingerprint density at radius 1 is 1.10 bits per heavy atom. The minimum atomic E-state index is 0.810. The summed E-state index contributed by atoms with van der Waals surface area (Å²) in [4.78, 5) is 2.37. The number of anilines is 1. The van der Waals surface area contributed by atoms with Crippen molar-refractivity contribution in [2.24, 2.45) is 0 Å². The van der Waals surface area contributed by atoms with Gasteiger partial charge in [0.15, 0.2) is 0 Å². The number of rotatable bonds is 4. The second-order valence-electron chi connectivity index (χ2n) is 5.31. The third-order valence-electron chi connectivity index (χ3n) is 3.97. The highest BCUT2D eigenvalue weighted by Gasteiger charge is 2.21. The quantitative estimate of drug-likeness (QED) is 0.877. The zero-order chi connectivity index (χ0) is 14.8. The Hall–Kier alpha value is -2.20. The van der Waals surface area contributed by atoms with E-state index >= 15 is 0 Å². The molecule has 2 N–H and O–H groups in total. The van der Waals surface area contributed by atoms with E-state index < -0.39 is 0 Å². The molecule has 4 heteroatoms. The van der Waals surface area contributed by atoms with Gasteiger partial charge < -0.3 is 15.2 Å². The van der Waals surface area contributed by atoms with E-state index in [1.807, 2.05) is 24.3 Å². The van der Waals surface area contributed by atoms with Gasteiger partial charge in [-0.1, -0.05) is 18.2 Å². The van der Waals surface area contributed by atoms with Gasteiger partial charge in [0.25, 0.3) is 0 Å². The fraction of sp³-hybridized carbons (Fsp3) is 0.294. The first-order valence-electron chi connectivity index (χ1n) is 7.00. The van der Waals surface area contributed by atoms with Gasteiger partial charge >= 0.3 is 0 Å². The van der Waals surface area contributed by atoms with Gasteiger partial charge in [-0.2, -0.15) is 0 Å². The van der Waals surface area contributed by atoms with Gasteiger partial charge in [-0.3, -0.25) is 4.90 Å². The van der Waals surface area contributed by atoms with Crippen molar-refractivity contribution in [2.75, 3.05) is 20.0 Å². The number of hydrogen-bond acceptors (Lipinski definition) is 4. The summed E-state index contributed by atoms with van der Waals surface area (Å²) in [5.41, 5.74) is 10.7. The summed E-state index contributed by atoms with van der Waals surface area (Å²) >= 11 is 0. The van der Waals surface area contributed by atoms with Crippen molar-refractivity contribution in [1.29, 1.82) is 0 Å². The first kappa shape index (κ1) is 13.8. The molecular weight excluding hydrogens is 264 g/mol. The summed E-state index contributed by atoms with van der Waals surface area (Å²) < 4.78 is 10.7. The van der Waals surface area contributed by atoms with Crippen LogP contribution in [0.4, 0.5) is 5.69 Å². The lowest BCUT2D eigenvalue weighted by Crippen LogP contribution is -2.16. The van der Waals surface area contributed by atoms with Crippen molar-refractivity contribution >= 4 is 5.69 Å². The van der Waals surface area contributed by atoms with Crippen LogP contribution in [0.15, 0.2) is 36.4 Å². The normalized spacial score (nSPS) is 14.0. The van der Waals surface area contributed by atoms with Crippen LogP contribution < -0.4 is 15.2 Å². The maximum Gasteiger partial charge on any atom is 0.127 e. The Kier molecular flexibility index (Phi) is 3.71. The molecular formula is C17H20N2O2. The number of fused-ring (bicyclic) bond motifs is 1. The topological polar surface area (TPSA) is 47.7 Å². The third-order valence-corrected chi connectivity index (χ3v) is 3.97. The molecule has 2 aromatic rings. The molecule has 0 saturated carbocycles. The van der Waals surface area contributed by atoms with Gasteiger partial charge in [-0.15, -0.1) is 0 Å². The molecule has 0 aromatic heterocycles. The van der Waals surface area contributed by atoms with Gasteiger partial charge in [0.1, 0.15) is 11.5 Å². The Morgan fingerprint density at radius 3 is 2.67 bits per heavy atom. The minimum Gasteiger partial charge on any atom is -0.497 e. The molecule has 1 aliphatic heterocycles. The molecule has 2 aromatic carbocycles. The van der Waals surface area contributed by atoms with Crippen LogP contribution in [0.25, 0.3) is 0 Å². The molecule has 0 spiro atoms. The molecule has 21 heavy (non-hydrogen) atoms. The van der Waals surface area contributed by atoms with Crippen LogP contribution in [0.1, 0.15) is 16.7 Å². The average molecular weight is 284 g/mol. The number of nitrogen functional groups attached to an aromatic ring is 1. The summed E-state index contributed by atoms with van der Waals surface area (Å²) in [5, 5.41) is 0. The number of methoxy groups -OCH3 is 2. The Labute approximate surface area is 125 Å². The molecule has 4 nitrogen and oxygen atoms in total. The summed E-state index contributed by atoms with van der Waals surface area (Å²) in [6.45, 7) is 2.65. The molecule has 0 atom stereocenters. The standard InChI is InChI=1S/C17H20N2O2/c1-20-14-7-6-13(17(8-14)21-2)10-19-9-12-4-3-5-16(18)15(12)11-19/h3-8H,9-11,18H2,1-2H3. The predicted octanol–water partition coefficient (Wildman–Crippen LogP) is 2.80. The second kappa shape index (κ2) is 5.66. The Balaban J connectivity index is 1.79. The first-order chi connectivity index (χ1) is 10.2. The highest BCUT2D eigenvalue weighted by atomic mass is 16.5. The van der Waals surface area contributed by atoms with Gasteiger partial charge in [0.2, 0.25) is 0 Å². The summed E-state index contributed by atoms with van der Waals surface area (Å²) in [5.74, 6) is 1.67. The largest absolute Gasteiger partial charge is 0.497 e. The van der Waals surface area contributed by atoms with Crippen molar-refractivity contribution in [3.05, 3.63) is 53.1 Å². The molecule has 3 rings (SSSR count). The Bertz CT molecular complexity index is 655. The lowest BCUT2D eigenvalue weighted by Gasteiger charge is -2.17. The van der Waals surface area contributed by atoms with Crippen molar-refractivity contribution in [3.63, 3.8) is 0 Å². The highest BCUT2D eigenvalue weighted by molar-refractivity contribution is 5.52. The molecule has 110 valence electrons. The van der Waals surface area contributed by atoms with E-state index in [1.54, 1.807) is 14.2 Å². The lowest BCUT2D eigenvalue weighted by atomic mass is 10.1. The molecule has 0 fully saturated rings. The van der Waals surface area contributed by atoms with E-state index in [2.05, 4.69) is 17.0 Å². The molecule has 0 amide bonds. The van der Waals surface area contributed by atoms with Crippen LogP contribution in [0.3, 0.4) is 0 Å². The molecule has 0 radical (unpaired) electrons. The van der Waals surface area contributed by atoms with Crippen LogP contribution in [-0.4, -0.2) is 19.1 Å². The zero-order valence-corrected chi connectivity index (χ0v) is 12.4. The number of nitrogens with two attached hydrogens (primary N) is 1. The first-order valence-corrected chi connectivity index (χ1v) is 7.00. The van der Waals surface area contributed by atoms with Crippen LogP contribution >= 0.6 is 0 Å². The van der Waals surface area contributed by atoms with Crippen molar-refractivity contribution in [2.45, 2.75) is 19.6 Å². The van der Waals surface area contributed by atoms with Crippen molar-refractivity contribution in [1.82, 2.24) is 4.90 Å². The average Bonchev–Trinajstić information content (AvgIpc) is 2.91. The maximum atomic E-state index is 6.05. The minimum absolute atomic E-state index is 0.810. The second-order valence-corrected chi connectivity index (χ2v) is 5.31. The van der Waals surface area contributed by atoms with E-state index in [4.69, 9.17) is 15.2 Å². The van der Waals surface area contributed by atoms with E-state index in [-0.39, 0.29) is 0 Å². The van der Waals surface area contributed by atoms with Crippen molar-refractivity contribution in [3.8, 4) is 11.5 Å². The SMILES string of the molecule is COc1ccc(CN2Cc3cccc(N)c3C2)c(OC)c1. The zero-order valence-electron chi connectivity index (χ0n) is 12.4. The van der Waals surface area contributed by atoms with E-state index in [0.717, 1.165) is 42.4 Å². The molecule has 0 unspecified atom stereocenters. The van der Waals surface area contributed by atoms with Gasteiger partial charge in [0, 0.05) is 37.0 Å². The van der Waals surface area contributed by atoms with Crippen LogP contribution in [0.2, 0.25) is 0 Å². The van der Waals surface area contributed by atoms with Crippen LogP contribution in [-0.2, 0) is 19.6 Å². The number of hydrogen-bond donors (Lipinski definition) is 1. The van der Waals surface area contributed by atoms with E-state index in [1.165, 1.54) is 11.1 Å². The predicted molar refractivity (Wildman–Crippen MR) is 83.4 cm³/mol. The monoisotopic (exact) mass is 284 g/mol. The third kappa shape index (κ3) is 2.67. The van der Waals surface area contributed by atoms with Crippen LogP contribution in [0.5, 0.6) is 11.5 Å². The number of benzene rings is 2. The number of ether oxygens (including phenoxy) is 2. The van der Waals surface area contributed by atoms with Crippen LogP contribution in [0, 0.1) is 0 Å². The number of nitrogens with zero attached hydrogens (tertiary/aromatic N) is 1. The van der Waals surface area contributed by atoms with Gasteiger partial charge in [0.05, 0.1) is 14.2 Å².